The Balaban J connectivity index is 1.08. The molecule has 2 saturated heterocycles. The maximum atomic E-state index is 13.1. The van der Waals surface area contributed by atoms with Crippen LogP contribution in [-0.2, 0) is 11.2 Å². The quantitative estimate of drug-likeness (QED) is 0.704. The molecule has 2 fully saturated rings. The molecule has 2 aromatic rings. The van der Waals surface area contributed by atoms with Gasteiger partial charge in [-0.1, -0.05) is 24.3 Å². The second kappa shape index (κ2) is 10.8. The van der Waals surface area contributed by atoms with Gasteiger partial charge in [0.05, 0.1) is 13.2 Å². The van der Waals surface area contributed by atoms with Crippen LogP contribution in [0.3, 0.4) is 0 Å². The normalized spacial score (nSPS) is 21.9. The number of methoxy groups -OCH3 is 1. The fourth-order valence-corrected chi connectivity index (χ4v) is 6.07. The summed E-state index contributed by atoms with van der Waals surface area (Å²) in [5.74, 6) is 1.20. The van der Waals surface area contributed by atoms with Crippen molar-refractivity contribution in [3.8, 4) is 5.75 Å². The van der Waals surface area contributed by atoms with E-state index in [-0.39, 0.29) is 23.8 Å². The van der Waals surface area contributed by atoms with Gasteiger partial charge in [0, 0.05) is 30.6 Å². The van der Waals surface area contributed by atoms with Gasteiger partial charge in [-0.15, -0.1) is 0 Å². The summed E-state index contributed by atoms with van der Waals surface area (Å²) in [6, 6.07) is 16.6. The molecule has 0 bridgehead atoms. The van der Waals surface area contributed by atoms with Gasteiger partial charge in [0.2, 0.25) is 5.91 Å². The number of amides is 2. The number of fused-ring (bicyclic) bond motifs is 1. The Labute approximate surface area is 208 Å². The first-order valence-corrected chi connectivity index (χ1v) is 13.2. The number of rotatable bonds is 5. The maximum Gasteiger partial charge on any atom is 0.253 e. The Morgan fingerprint density at radius 2 is 1.60 bits per heavy atom. The molecule has 0 aromatic heterocycles. The third-order valence-electron chi connectivity index (χ3n) is 8.19. The third kappa shape index (κ3) is 5.37. The number of ether oxygens (including phenoxy) is 1. The molecule has 1 atom stereocenters. The molecular formula is C29H37N3O3. The van der Waals surface area contributed by atoms with E-state index in [0.29, 0.717) is 6.04 Å². The van der Waals surface area contributed by atoms with Crippen LogP contribution in [-0.4, -0.2) is 60.9 Å². The molecule has 6 heteroatoms. The van der Waals surface area contributed by atoms with Crippen molar-refractivity contribution in [2.75, 3.05) is 33.3 Å². The zero-order valence-corrected chi connectivity index (χ0v) is 20.7. The molecule has 0 saturated carbocycles. The van der Waals surface area contributed by atoms with Crippen LogP contribution >= 0.6 is 0 Å². The van der Waals surface area contributed by atoms with Gasteiger partial charge in [-0.3, -0.25) is 9.59 Å². The molecule has 5 rings (SSSR count). The zero-order chi connectivity index (χ0) is 24.2. The lowest BCUT2D eigenvalue weighted by Crippen LogP contribution is -2.50. The molecule has 186 valence electrons. The summed E-state index contributed by atoms with van der Waals surface area (Å²) >= 11 is 0. The number of hydrogen-bond donors (Lipinski definition) is 1. The van der Waals surface area contributed by atoms with Crippen molar-refractivity contribution in [3.63, 3.8) is 0 Å². The second-order valence-electron chi connectivity index (χ2n) is 10.2. The number of aryl methyl sites for hydroxylation is 1. The number of carbonyl (C=O) groups is 2. The number of carbonyl (C=O) groups excluding carboxylic acids is 2. The first-order chi connectivity index (χ1) is 17.1. The fraction of sp³-hybridized carbons (Fsp3) is 0.517. The Kier molecular flexibility index (Phi) is 7.37. The monoisotopic (exact) mass is 475 g/mol. The van der Waals surface area contributed by atoms with Crippen LogP contribution in [0, 0.1) is 5.92 Å². The molecular weight excluding hydrogens is 438 g/mol. The van der Waals surface area contributed by atoms with Gasteiger partial charge in [-0.2, -0.15) is 0 Å². The summed E-state index contributed by atoms with van der Waals surface area (Å²) in [6.45, 7) is 3.51. The van der Waals surface area contributed by atoms with Gasteiger partial charge in [0.25, 0.3) is 5.91 Å². The van der Waals surface area contributed by atoms with Crippen molar-refractivity contribution in [1.82, 2.24) is 15.1 Å². The van der Waals surface area contributed by atoms with E-state index in [0.717, 1.165) is 82.4 Å². The van der Waals surface area contributed by atoms with Gasteiger partial charge in [-0.05, 0) is 93.4 Å². The van der Waals surface area contributed by atoms with E-state index in [2.05, 4.69) is 34.5 Å². The van der Waals surface area contributed by atoms with Crippen LogP contribution < -0.4 is 10.1 Å². The Bertz CT molecular complexity index is 1020. The molecule has 1 aliphatic carbocycles. The van der Waals surface area contributed by atoms with E-state index in [1.54, 1.807) is 7.11 Å². The number of piperidine rings is 2. The van der Waals surface area contributed by atoms with Crippen LogP contribution in [0.5, 0.6) is 5.75 Å². The molecule has 35 heavy (non-hydrogen) atoms. The van der Waals surface area contributed by atoms with Crippen LogP contribution in [0.1, 0.15) is 66.1 Å². The van der Waals surface area contributed by atoms with Crippen molar-refractivity contribution in [1.29, 1.82) is 0 Å². The third-order valence-corrected chi connectivity index (χ3v) is 8.19. The molecule has 2 aromatic carbocycles. The summed E-state index contributed by atoms with van der Waals surface area (Å²) in [6.07, 6.45) is 7.13. The van der Waals surface area contributed by atoms with Gasteiger partial charge in [0.15, 0.2) is 0 Å². The summed E-state index contributed by atoms with van der Waals surface area (Å²) in [4.78, 5) is 30.5. The molecule has 1 unspecified atom stereocenters. The highest BCUT2D eigenvalue weighted by Crippen LogP contribution is 2.31. The molecule has 0 spiro atoms. The Hall–Kier alpha value is -2.86. The number of nitrogens with zero attached hydrogens (tertiary/aromatic N) is 2. The largest absolute Gasteiger partial charge is 0.497 e. The first-order valence-electron chi connectivity index (χ1n) is 13.2. The average molecular weight is 476 g/mol. The lowest BCUT2D eigenvalue weighted by atomic mass is 9.86. The lowest BCUT2D eigenvalue weighted by molar-refractivity contribution is -0.127. The highest BCUT2D eigenvalue weighted by molar-refractivity contribution is 5.94. The van der Waals surface area contributed by atoms with Crippen molar-refractivity contribution < 1.29 is 14.3 Å². The summed E-state index contributed by atoms with van der Waals surface area (Å²) in [7, 11) is 1.63. The Morgan fingerprint density at radius 3 is 2.31 bits per heavy atom. The smallest absolute Gasteiger partial charge is 0.253 e. The van der Waals surface area contributed by atoms with Crippen molar-refractivity contribution in [2.24, 2.45) is 5.92 Å². The van der Waals surface area contributed by atoms with Crippen LogP contribution in [0.2, 0.25) is 0 Å². The molecule has 3 aliphatic rings. The van der Waals surface area contributed by atoms with E-state index in [1.807, 2.05) is 29.2 Å². The van der Waals surface area contributed by atoms with E-state index < -0.39 is 0 Å². The predicted molar refractivity (Wildman–Crippen MR) is 136 cm³/mol. The average Bonchev–Trinajstić information content (AvgIpc) is 2.93. The van der Waals surface area contributed by atoms with Gasteiger partial charge in [0.1, 0.15) is 5.75 Å². The molecule has 6 nitrogen and oxygen atoms in total. The van der Waals surface area contributed by atoms with E-state index >= 15 is 0 Å². The minimum atomic E-state index is 0.103. The number of nitrogens with one attached hydrogen (secondary N) is 1. The molecule has 2 heterocycles. The SMILES string of the molecule is COc1ccc(C(=O)N2CCC(N3CCC(C(=O)NC4CCCc5ccccc54)CC3)CC2)cc1. The van der Waals surface area contributed by atoms with Gasteiger partial charge < -0.3 is 19.9 Å². The number of benzene rings is 2. The van der Waals surface area contributed by atoms with E-state index in [4.69, 9.17) is 4.74 Å². The maximum absolute atomic E-state index is 13.1. The lowest BCUT2D eigenvalue weighted by Gasteiger charge is -2.41. The first kappa shape index (κ1) is 23.9. The minimum absolute atomic E-state index is 0.103. The van der Waals surface area contributed by atoms with Crippen LogP contribution in [0.15, 0.2) is 48.5 Å². The second-order valence-corrected chi connectivity index (χ2v) is 10.2. The van der Waals surface area contributed by atoms with Gasteiger partial charge in [-0.25, -0.2) is 0 Å². The standard InChI is InChI=1S/C29H37N3O3/c1-35-25-11-9-23(10-12-25)29(34)32-19-15-24(16-20-32)31-17-13-22(14-18-31)28(33)30-27-8-4-6-21-5-2-3-7-26(21)27/h2-3,5,7,9-12,22,24,27H,4,6,8,13-20H2,1H3,(H,30,33). The topological polar surface area (TPSA) is 61.9 Å². The Morgan fingerprint density at radius 1 is 0.886 bits per heavy atom. The van der Waals surface area contributed by atoms with E-state index in [1.165, 1.54) is 11.1 Å². The summed E-state index contributed by atoms with van der Waals surface area (Å²) in [5, 5.41) is 3.37. The van der Waals surface area contributed by atoms with E-state index in [9.17, 15) is 9.59 Å². The minimum Gasteiger partial charge on any atom is -0.497 e. The highest BCUT2D eigenvalue weighted by Gasteiger charge is 2.33. The molecule has 1 N–H and O–H groups in total. The number of likely N-dealkylation sites (tertiary alicyclic amines) is 2. The molecule has 2 aliphatic heterocycles. The fourth-order valence-electron chi connectivity index (χ4n) is 6.07. The molecule has 2 amide bonds. The molecule has 0 radical (unpaired) electrons. The summed E-state index contributed by atoms with van der Waals surface area (Å²) < 4.78 is 5.19. The van der Waals surface area contributed by atoms with Crippen molar-refractivity contribution in [2.45, 2.75) is 57.0 Å². The van der Waals surface area contributed by atoms with Crippen molar-refractivity contribution >= 4 is 11.8 Å². The highest BCUT2D eigenvalue weighted by atomic mass is 16.5. The van der Waals surface area contributed by atoms with Crippen LogP contribution in [0.25, 0.3) is 0 Å². The number of hydrogen-bond acceptors (Lipinski definition) is 4. The van der Waals surface area contributed by atoms with Crippen molar-refractivity contribution in [3.05, 3.63) is 65.2 Å². The van der Waals surface area contributed by atoms with Crippen LogP contribution in [0.4, 0.5) is 0 Å². The zero-order valence-electron chi connectivity index (χ0n) is 20.7. The van der Waals surface area contributed by atoms with Gasteiger partial charge >= 0.3 is 0 Å². The predicted octanol–water partition coefficient (Wildman–Crippen LogP) is 4.21. The summed E-state index contributed by atoms with van der Waals surface area (Å²) in [5.41, 5.74) is 3.41.